The van der Waals surface area contributed by atoms with Crippen molar-refractivity contribution >= 4 is 45.5 Å². The Morgan fingerprint density at radius 2 is 1.84 bits per heavy atom. The zero-order valence-corrected chi connectivity index (χ0v) is 22.1. The van der Waals surface area contributed by atoms with Crippen molar-refractivity contribution in [3.05, 3.63) is 93.5 Å². The van der Waals surface area contributed by atoms with Gasteiger partial charge in [-0.25, -0.2) is 8.42 Å². The van der Waals surface area contributed by atoms with E-state index in [-0.39, 0.29) is 12.3 Å². The van der Waals surface area contributed by atoms with Gasteiger partial charge in [0.05, 0.1) is 22.6 Å². The van der Waals surface area contributed by atoms with Crippen LogP contribution in [0.2, 0.25) is 10.0 Å². The minimum atomic E-state index is -2.56. The standard InChI is InChI=1S/C26H22Cl2N4O4S/c1-15(37(34)35)17-6-4-16(5-7-17)11-22(33)30-19-12-20(27)23(21(28)13-19)26(8-9-26)25-31-24(36-32-25)18-3-2-10-29-14-18/h2-7,10,12-15,37H,8-9,11H2,1H3,(H,30,33). The Kier molecular flexibility index (Phi) is 7.02. The molecule has 0 aliphatic heterocycles. The molecule has 190 valence electrons. The molecule has 1 saturated carbocycles. The maximum absolute atomic E-state index is 12.7. The number of nitrogens with one attached hydrogen (secondary N) is 1. The van der Waals surface area contributed by atoms with Crippen LogP contribution in [0.15, 0.2) is 65.4 Å². The van der Waals surface area contributed by atoms with Crippen molar-refractivity contribution in [2.75, 3.05) is 5.32 Å². The summed E-state index contributed by atoms with van der Waals surface area (Å²) >= 11 is 13.3. The van der Waals surface area contributed by atoms with Crippen molar-refractivity contribution < 1.29 is 17.7 Å². The first-order valence-corrected chi connectivity index (χ1v) is 13.5. The predicted octanol–water partition coefficient (Wildman–Crippen LogP) is 5.37. The molecule has 2 heterocycles. The largest absolute Gasteiger partial charge is 0.334 e. The topological polar surface area (TPSA) is 115 Å². The molecule has 1 unspecified atom stereocenters. The second-order valence-corrected chi connectivity index (χ2v) is 11.1. The summed E-state index contributed by atoms with van der Waals surface area (Å²) in [6, 6.07) is 13.9. The number of aromatic nitrogens is 3. The molecule has 2 aromatic carbocycles. The SMILES string of the molecule is CC(c1ccc(CC(=O)Nc2cc(Cl)c(C3(c4noc(-c5cccnc5)n4)CC3)c(Cl)c2)cc1)[SH](=O)=O. The third-order valence-electron chi connectivity index (χ3n) is 6.46. The monoisotopic (exact) mass is 556 g/mol. The molecule has 0 radical (unpaired) electrons. The summed E-state index contributed by atoms with van der Waals surface area (Å²) in [4.78, 5) is 21.3. The van der Waals surface area contributed by atoms with Crippen LogP contribution < -0.4 is 5.32 Å². The molecule has 0 saturated heterocycles. The zero-order valence-electron chi connectivity index (χ0n) is 19.6. The lowest BCUT2D eigenvalue weighted by Crippen LogP contribution is -2.16. The van der Waals surface area contributed by atoms with E-state index in [1.54, 1.807) is 61.8 Å². The molecule has 0 bridgehead atoms. The quantitative estimate of drug-likeness (QED) is 0.280. The summed E-state index contributed by atoms with van der Waals surface area (Å²) in [5.74, 6) is 0.622. The lowest BCUT2D eigenvalue weighted by Gasteiger charge is -2.17. The van der Waals surface area contributed by atoms with Gasteiger partial charge in [0.1, 0.15) is 10.7 Å². The molecule has 4 aromatic rings. The summed E-state index contributed by atoms with van der Waals surface area (Å²) in [5.41, 5.74) is 2.77. The van der Waals surface area contributed by atoms with E-state index in [4.69, 9.17) is 27.7 Å². The van der Waals surface area contributed by atoms with Gasteiger partial charge in [0.15, 0.2) is 5.82 Å². The minimum Gasteiger partial charge on any atom is -0.334 e. The number of benzene rings is 2. The molecule has 1 N–H and O–H groups in total. The summed E-state index contributed by atoms with van der Waals surface area (Å²) < 4.78 is 27.8. The highest BCUT2D eigenvalue weighted by Crippen LogP contribution is 2.57. The van der Waals surface area contributed by atoms with E-state index < -0.39 is 21.4 Å². The van der Waals surface area contributed by atoms with Crippen LogP contribution in [0.3, 0.4) is 0 Å². The average molecular weight is 557 g/mol. The Bertz CT molecular complexity index is 1500. The summed E-state index contributed by atoms with van der Waals surface area (Å²) in [5, 5.41) is 7.25. The van der Waals surface area contributed by atoms with Crippen molar-refractivity contribution in [3.8, 4) is 11.5 Å². The number of thiol groups is 1. The highest BCUT2D eigenvalue weighted by Gasteiger charge is 2.52. The molecular formula is C26H22Cl2N4O4S. The number of carbonyl (C=O) groups is 1. The van der Waals surface area contributed by atoms with Gasteiger partial charge in [-0.05, 0) is 55.2 Å². The van der Waals surface area contributed by atoms with Gasteiger partial charge in [0.25, 0.3) is 5.89 Å². The van der Waals surface area contributed by atoms with Crippen molar-refractivity contribution in [2.45, 2.75) is 36.9 Å². The molecule has 1 atom stereocenters. The van der Waals surface area contributed by atoms with Crippen molar-refractivity contribution in [1.82, 2.24) is 15.1 Å². The Morgan fingerprint density at radius 3 is 2.43 bits per heavy atom. The Balaban J connectivity index is 1.31. The van der Waals surface area contributed by atoms with Gasteiger partial charge in [-0.1, -0.05) is 52.6 Å². The second kappa shape index (κ2) is 10.2. The van der Waals surface area contributed by atoms with Gasteiger partial charge < -0.3 is 9.84 Å². The molecule has 0 spiro atoms. The molecule has 11 heteroatoms. The van der Waals surface area contributed by atoms with Crippen LogP contribution >= 0.6 is 23.2 Å². The van der Waals surface area contributed by atoms with Gasteiger partial charge in [-0.3, -0.25) is 9.78 Å². The first-order chi connectivity index (χ1) is 17.8. The smallest absolute Gasteiger partial charge is 0.259 e. The van der Waals surface area contributed by atoms with Gasteiger partial charge in [-0.15, -0.1) is 0 Å². The average Bonchev–Trinajstić information content (AvgIpc) is 3.50. The Morgan fingerprint density at radius 1 is 1.14 bits per heavy atom. The molecule has 1 aliphatic rings. The van der Waals surface area contributed by atoms with E-state index in [0.717, 1.165) is 24.0 Å². The van der Waals surface area contributed by atoms with E-state index in [9.17, 15) is 13.2 Å². The van der Waals surface area contributed by atoms with Crippen LogP contribution in [0.25, 0.3) is 11.5 Å². The van der Waals surface area contributed by atoms with Crippen molar-refractivity contribution in [3.63, 3.8) is 0 Å². The zero-order chi connectivity index (χ0) is 26.2. The normalized spacial score (nSPS) is 14.9. The number of amides is 1. The molecular weight excluding hydrogens is 535 g/mol. The molecule has 1 aliphatic carbocycles. The number of hydrogen-bond acceptors (Lipinski definition) is 7. The lowest BCUT2D eigenvalue weighted by molar-refractivity contribution is -0.115. The number of nitrogens with zero attached hydrogens (tertiary/aromatic N) is 3. The van der Waals surface area contributed by atoms with Crippen LogP contribution in [-0.2, 0) is 27.3 Å². The Hall–Kier alpha value is -3.27. The fraction of sp³-hybridized carbons (Fsp3) is 0.231. The van der Waals surface area contributed by atoms with Crippen LogP contribution in [0, 0.1) is 0 Å². The summed E-state index contributed by atoms with van der Waals surface area (Å²) in [7, 11) is -2.56. The first-order valence-electron chi connectivity index (χ1n) is 11.5. The number of carbonyl (C=O) groups excluding carboxylic acids is 1. The number of anilines is 1. The minimum absolute atomic E-state index is 0.110. The number of halogens is 2. The number of rotatable bonds is 8. The molecule has 1 fully saturated rings. The van der Waals surface area contributed by atoms with Gasteiger partial charge in [0.2, 0.25) is 5.91 Å². The van der Waals surface area contributed by atoms with Crippen molar-refractivity contribution in [2.24, 2.45) is 0 Å². The number of pyridine rings is 1. The fourth-order valence-electron chi connectivity index (χ4n) is 4.26. The van der Waals surface area contributed by atoms with Gasteiger partial charge in [-0.2, -0.15) is 4.98 Å². The fourth-order valence-corrected chi connectivity index (χ4v) is 5.53. The van der Waals surface area contributed by atoms with Crippen LogP contribution in [0.4, 0.5) is 5.69 Å². The van der Waals surface area contributed by atoms with Crippen LogP contribution in [0.5, 0.6) is 0 Å². The van der Waals surface area contributed by atoms with E-state index >= 15 is 0 Å². The second-order valence-electron chi connectivity index (χ2n) is 8.99. The van der Waals surface area contributed by atoms with Crippen LogP contribution in [0.1, 0.15) is 47.5 Å². The summed E-state index contributed by atoms with van der Waals surface area (Å²) in [6.07, 6.45) is 4.96. The maximum atomic E-state index is 12.7. The molecule has 2 aromatic heterocycles. The van der Waals surface area contributed by atoms with Crippen molar-refractivity contribution in [1.29, 1.82) is 0 Å². The highest BCUT2D eigenvalue weighted by molar-refractivity contribution is 7.72. The molecule has 5 rings (SSSR count). The van der Waals surface area contributed by atoms with Gasteiger partial charge >= 0.3 is 0 Å². The molecule has 1 amide bonds. The van der Waals surface area contributed by atoms with E-state index in [2.05, 4.69) is 20.4 Å². The molecule has 8 nitrogen and oxygen atoms in total. The van der Waals surface area contributed by atoms with Crippen LogP contribution in [-0.4, -0.2) is 29.4 Å². The number of hydrogen-bond donors (Lipinski definition) is 2. The predicted molar refractivity (Wildman–Crippen MR) is 142 cm³/mol. The van der Waals surface area contributed by atoms with E-state index in [1.807, 2.05) is 6.07 Å². The summed E-state index contributed by atoms with van der Waals surface area (Å²) in [6.45, 7) is 1.62. The van der Waals surface area contributed by atoms with E-state index in [0.29, 0.717) is 38.6 Å². The highest BCUT2D eigenvalue weighted by atomic mass is 35.5. The third-order valence-corrected chi connectivity index (χ3v) is 7.99. The maximum Gasteiger partial charge on any atom is 0.259 e. The third kappa shape index (κ3) is 5.25. The Labute approximate surface area is 225 Å². The van der Waals surface area contributed by atoms with Gasteiger partial charge in [0, 0.05) is 33.7 Å². The lowest BCUT2D eigenvalue weighted by atomic mass is 9.94. The first kappa shape index (κ1) is 25.4. The van der Waals surface area contributed by atoms with E-state index in [1.165, 1.54) is 0 Å². The molecule has 37 heavy (non-hydrogen) atoms.